The highest BCUT2D eigenvalue weighted by atomic mass is 35.5. The standard InChI is InChI=1S/C18H19N3O2.ClH/c19-18(20)21-15-8-5-13(6-9-15)17(22)23-16-10-7-12-3-1-2-4-14(12)11-16;/h5-11H,1-4H2,(H4,19,20,21);1H. The van der Waals surface area contributed by atoms with Crippen molar-refractivity contribution in [3.05, 3.63) is 59.2 Å². The first kappa shape index (κ1) is 17.8. The van der Waals surface area contributed by atoms with E-state index < -0.39 is 5.97 Å². The Kier molecular flexibility index (Phi) is 5.82. The Balaban J connectivity index is 0.00000208. The van der Waals surface area contributed by atoms with Gasteiger partial charge in [-0.05, 0) is 73.2 Å². The van der Waals surface area contributed by atoms with Gasteiger partial charge in [-0.3, -0.25) is 0 Å². The second-order valence-electron chi connectivity index (χ2n) is 5.61. The molecule has 4 N–H and O–H groups in total. The van der Waals surface area contributed by atoms with Gasteiger partial charge in [-0.15, -0.1) is 12.4 Å². The lowest BCUT2D eigenvalue weighted by Crippen LogP contribution is -2.21. The number of nitrogens with zero attached hydrogens (tertiary/aromatic N) is 1. The van der Waals surface area contributed by atoms with Gasteiger partial charge in [0.15, 0.2) is 5.96 Å². The number of carbonyl (C=O) groups excluding carboxylic acids is 1. The molecule has 3 rings (SSSR count). The number of aliphatic imine (C=N–C) groups is 1. The lowest BCUT2D eigenvalue weighted by atomic mass is 9.92. The monoisotopic (exact) mass is 345 g/mol. The van der Waals surface area contributed by atoms with Gasteiger partial charge in [-0.2, -0.15) is 0 Å². The van der Waals surface area contributed by atoms with E-state index in [2.05, 4.69) is 11.1 Å². The molecule has 0 aliphatic heterocycles. The van der Waals surface area contributed by atoms with Crippen molar-refractivity contribution < 1.29 is 9.53 Å². The number of guanidine groups is 1. The van der Waals surface area contributed by atoms with Gasteiger partial charge in [0, 0.05) is 0 Å². The Morgan fingerprint density at radius 1 is 0.958 bits per heavy atom. The highest BCUT2D eigenvalue weighted by Crippen LogP contribution is 2.26. The second-order valence-corrected chi connectivity index (χ2v) is 5.61. The highest BCUT2D eigenvalue weighted by Gasteiger charge is 2.13. The van der Waals surface area contributed by atoms with Crippen LogP contribution in [-0.2, 0) is 12.8 Å². The molecule has 0 amide bonds. The molecular formula is C18H20ClN3O2. The fraction of sp³-hybridized carbons (Fsp3) is 0.222. The molecule has 0 saturated heterocycles. The third kappa shape index (κ3) is 4.26. The van der Waals surface area contributed by atoms with Crippen LogP contribution in [0.2, 0.25) is 0 Å². The number of halogens is 1. The average Bonchev–Trinajstić information content (AvgIpc) is 2.55. The summed E-state index contributed by atoms with van der Waals surface area (Å²) in [6.45, 7) is 0. The molecule has 24 heavy (non-hydrogen) atoms. The smallest absolute Gasteiger partial charge is 0.343 e. The molecule has 5 nitrogen and oxygen atoms in total. The van der Waals surface area contributed by atoms with Crippen LogP contribution in [0.4, 0.5) is 5.69 Å². The number of carbonyl (C=O) groups is 1. The molecule has 0 saturated carbocycles. The van der Waals surface area contributed by atoms with Crippen molar-refractivity contribution in [3.63, 3.8) is 0 Å². The molecular weight excluding hydrogens is 326 g/mol. The van der Waals surface area contributed by atoms with E-state index >= 15 is 0 Å². The number of esters is 1. The SMILES string of the molecule is Cl.NC(N)=Nc1ccc(C(=O)Oc2ccc3c(c2)CCCC3)cc1. The van der Waals surface area contributed by atoms with Crippen LogP contribution in [0.5, 0.6) is 5.75 Å². The van der Waals surface area contributed by atoms with E-state index in [1.54, 1.807) is 24.3 Å². The predicted molar refractivity (Wildman–Crippen MR) is 97.2 cm³/mol. The van der Waals surface area contributed by atoms with E-state index in [1.807, 2.05) is 12.1 Å². The summed E-state index contributed by atoms with van der Waals surface area (Å²) in [5.41, 5.74) is 14.3. The topological polar surface area (TPSA) is 90.7 Å². The molecule has 0 bridgehead atoms. The van der Waals surface area contributed by atoms with Gasteiger partial charge in [0.25, 0.3) is 0 Å². The van der Waals surface area contributed by atoms with Crippen LogP contribution in [-0.4, -0.2) is 11.9 Å². The minimum absolute atomic E-state index is 0. The first-order chi connectivity index (χ1) is 11.1. The van der Waals surface area contributed by atoms with Crippen molar-refractivity contribution in [2.45, 2.75) is 25.7 Å². The zero-order valence-electron chi connectivity index (χ0n) is 13.2. The third-order valence-electron chi connectivity index (χ3n) is 3.89. The summed E-state index contributed by atoms with van der Waals surface area (Å²) in [7, 11) is 0. The van der Waals surface area contributed by atoms with E-state index in [4.69, 9.17) is 16.2 Å². The molecule has 0 unspecified atom stereocenters. The summed E-state index contributed by atoms with van der Waals surface area (Å²) in [6.07, 6.45) is 4.58. The van der Waals surface area contributed by atoms with Gasteiger partial charge in [0.2, 0.25) is 0 Å². The first-order valence-corrected chi connectivity index (χ1v) is 7.65. The normalized spacial score (nSPS) is 12.5. The summed E-state index contributed by atoms with van der Waals surface area (Å²) >= 11 is 0. The van der Waals surface area contributed by atoms with Gasteiger partial charge in [-0.25, -0.2) is 9.79 Å². The predicted octanol–water partition coefficient (Wildman–Crippen LogP) is 3.11. The van der Waals surface area contributed by atoms with Gasteiger partial charge < -0.3 is 16.2 Å². The van der Waals surface area contributed by atoms with E-state index in [0.717, 1.165) is 12.8 Å². The van der Waals surface area contributed by atoms with Crippen LogP contribution in [0.15, 0.2) is 47.5 Å². The largest absolute Gasteiger partial charge is 0.423 e. The molecule has 126 valence electrons. The van der Waals surface area contributed by atoms with E-state index in [9.17, 15) is 4.79 Å². The maximum atomic E-state index is 12.2. The van der Waals surface area contributed by atoms with Crippen molar-refractivity contribution in [2.24, 2.45) is 16.5 Å². The Labute approximate surface area is 147 Å². The minimum atomic E-state index is -0.392. The van der Waals surface area contributed by atoms with Crippen molar-refractivity contribution in [2.75, 3.05) is 0 Å². The Morgan fingerprint density at radius 3 is 2.29 bits per heavy atom. The maximum absolute atomic E-state index is 12.2. The number of hydrogen-bond donors (Lipinski definition) is 2. The summed E-state index contributed by atoms with van der Waals surface area (Å²) < 4.78 is 5.46. The number of benzene rings is 2. The fourth-order valence-electron chi connectivity index (χ4n) is 2.76. The first-order valence-electron chi connectivity index (χ1n) is 7.65. The molecule has 1 aliphatic rings. The molecule has 0 fully saturated rings. The van der Waals surface area contributed by atoms with Gasteiger partial charge in [0.05, 0.1) is 11.3 Å². The maximum Gasteiger partial charge on any atom is 0.343 e. The van der Waals surface area contributed by atoms with Crippen LogP contribution in [0.3, 0.4) is 0 Å². The zero-order valence-corrected chi connectivity index (χ0v) is 14.0. The van der Waals surface area contributed by atoms with E-state index in [-0.39, 0.29) is 18.4 Å². The van der Waals surface area contributed by atoms with Gasteiger partial charge in [0.1, 0.15) is 5.75 Å². The van der Waals surface area contributed by atoms with Gasteiger partial charge in [-0.1, -0.05) is 6.07 Å². The van der Waals surface area contributed by atoms with Crippen molar-refractivity contribution in [1.29, 1.82) is 0 Å². The molecule has 0 atom stereocenters. The molecule has 0 radical (unpaired) electrons. The van der Waals surface area contributed by atoms with E-state index in [1.165, 1.54) is 24.0 Å². The van der Waals surface area contributed by atoms with Crippen LogP contribution in [0, 0.1) is 0 Å². The average molecular weight is 346 g/mol. The third-order valence-corrected chi connectivity index (χ3v) is 3.89. The molecule has 6 heteroatoms. The molecule has 2 aromatic rings. The minimum Gasteiger partial charge on any atom is -0.423 e. The van der Waals surface area contributed by atoms with Crippen LogP contribution >= 0.6 is 12.4 Å². The zero-order chi connectivity index (χ0) is 16.2. The number of aryl methyl sites for hydroxylation is 2. The number of rotatable bonds is 3. The fourth-order valence-corrected chi connectivity index (χ4v) is 2.76. The van der Waals surface area contributed by atoms with Gasteiger partial charge >= 0.3 is 5.97 Å². The summed E-state index contributed by atoms with van der Waals surface area (Å²) in [5, 5.41) is 0. The quantitative estimate of drug-likeness (QED) is 0.387. The Hall–Kier alpha value is -2.53. The summed E-state index contributed by atoms with van der Waals surface area (Å²) in [4.78, 5) is 16.1. The number of ether oxygens (including phenoxy) is 1. The summed E-state index contributed by atoms with van der Waals surface area (Å²) in [6, 6.07) is 12.5. The van der Waals surface area contributed by atoms with Crippen molar-refractivity contribution in [3.8, 4) is 5.75 Å². The van der Waals surface area contributed by atoms with Crippen LogP contribution in [0.25, 0.3) is 0 Å². The summed E-state index contributed by atoms with van der Waals surface area (Å²) in [5.74, 6) is 0.176. The second kappa shape index (κ2) is 7.84. The molecule has 1 aliphatic carbocycles. The highest BCUT2D eigenvalue weighted by molar-refractivity contribution is 5.91. The molecule has 0 spiro atoms. The molecule has 0 heterocycles. The molecule has 0 aromatic heterocycles. The molecule has 2 aromatic carbocycles. The van der Waals surface area contributed by atoms with Crippen molar-refractivity contribution in [1.82, 2.24) is 0 Å². The van der Waals surface area contributed by atoms with Crippen LogP contribution < -0.4 is 16.2 Å². The number of fused-ring (bicyclic) bond motifs is 1. The lowest BCUT2D eigenvalue weighted by molar-refractivity contribution is 0.0734. The Morgan fingerprint density at radius 2 is 1.62 bits per heavy atom. The Bertz CT molecular complexity index is 753. The lowest BCUT2D eigenvalue weighted by Gasteiger charge is -2.16. The number of nitrogens with two attached hydrogens (primary N) is 2. The van der Waals surface area contributed by atoms with Crippen molar-refractivity contribution >= 4 is 30.0 Å². The van der Waals surface area contributed by atoms with E-state index in [0.29, 0.717) is 17.0 Å². The van der Waals surface area contributed by atoms with Crippen LogP contribution in [0.1, 0.15) is 34.3 Å². The number of hydrogen-bond acceptors (Lipinski definition) is 3.